The third kappa shape index (κ3) is 5.25. The lowest BCUT2D eigenvalue weighted by atomic mass is 10.2. The van der Waals surface area contributed by atoms with Crippen molar-refractivity contribution in [1.82, 2.24) is 0 Å². The molecule has 1 aromatic heterocycles. The number of fused-ring (bicyclic) bond motifs is 1. The zero-order valence-corrected chi connectivity index (χ0v) is 16.1. The van der Waals surface area contributed by atoms with Crippen LogP contribution in [-0.2, 0) is 0 Å². The molecule has 0 fully saturated rings. The van der Waals surface area contributed by atoms with E-state index in [1.54, 1.807) is 18.3 Å². The number of hydrogen-bond donors (Lipinski definition) is 1. The summed E-state index contributed by atoms with van der Waals surface area (Å²) in [6.07, 6.45) is 1.74. The van der Waals surface area contributed by atoms with Crippen LogP contribution in [0.25, 0.3) is 11.0 Å². The maximum atomic E-state index is 11.2. The Hall–Kier alpha value is -2.50. The molecule has 0 radical (unpaired) electrons. The Morgan fingerprint density at radius 1 is 1.00 bits per heavy atom. The van der Waals surface area contributed by atoms with Gasteiger partial charge in [-0.15, -0.1) is 23.2 Å². The van der Waals surface area contributed by atoms with Crippen LogP contribution in [0.2, 0.25) is 0 Å². The van der Waals surface area contributed by atoms with Gasteiger partial charge in [0.25, 0.3) is 0 Å². The van der Waals surface area contributed by atoms with Crippen LogP contribution >= 0.6 is 23.2 Å². The highest BCUT2D eigenvalue weighted by Gasteiger charge is 2.04. The van der Waals surface area contributed by atoms with Crippen molar-refractivity contribution in [3.8, 4) is 0 Å². The molecule has 0 atom stereocenters. The van der Waals surface area contributed by atoms with Crippen molar-refractivity contribution >= 4 is 51.8 Å². The number of anilines is 2. The monoisotopic (exact) mass is 403 g/mol. The first-order valence-electron chi connectivity index (χ1n) is 8.49. The predicted octanol–water partition coefficient (Wildman–Crippen LogP) is 4.52. The summed E-state index contributed by atoms with van der Waals surface area (Å²) in [6, 6.07) is 16.6. The Balaban J connectivity index is 1.65. The smallest absolute Gasteiger partial charge is 0.336 e. The molecule has 1 heterocycles. The highest BCUT2D eigenvalue weighted by atomic mass is 35.5. The Bertz CT molecular complexity index is 965. The first-order valence-corrected chi connectivity index (χ1v) is 9.56. The van der Waals surface area contributed by atoms with E-state index in [1.165, 1.54) is 6.07 Å². The molecule has 0 spiro atoms. The average molecular weight is 404 g/mol. The fourth-order valence-electron chi connectivity index (χ4n) is 2.67. The summed E-state index contributed by atoms with van der Waals surface area (Å²) < 4.78 is 5.11. The molecule has 0 saturated heterocycles. The van der Waals surface area contributed by atoms with Crippen LogP contribution in [0.3, 0.4) is 0 Å². The number of nitrogens with zero attached hydrogens (tertiary/aromatic N) is 2. The molecule has 140 valence electrons. The summed E-state index contributed by atoms with van der Waals surface area (Å²) in [5.74, 6) is 1.11. The van der Waals surface area contributed by atoms with Crippen LogP contribution < -0.4 is 16.0 Å². The van der Waals surface area contributed by atoms with E-state index in [-0.39, 0.29) is 5.63 Å². The molecular weight excluding hydrogens is 385 g/mol. The molecule has 2 aromatic carbocycles. The van der Waals surface area contributed by atoms with Gasteiger partial charge in [-0.2, -0.15) is 5.10 Å². The topological polar surface area (TPSA) is 57.8 Å². The number of hydrogen-bond acceptors (Lipinski definition) is 5. The number of alkyl halides is 2. The number of benzene rings is 2. The molecule has 27 heavy (non-hydrogen) atoms. The number of hydrazone groups is 1. The van der Waals surface area contributed by atoms with Crippen molar-refractivity contribution in [2.75, 3.05) is 35.2 Å². The van der Waals surface area contributed by atoms with Gasteiger partial charge in [0.15, 0.2) is 0 Å². The maximum absolute atomic E-state index is 11.2. The van der Waals surface area contributed by atoms with E-state index in [4.69, 9.17) is 27.6 Å². The van der Waals surface area contributed by atoms with Crippen molar-refractivity contribution in [2.24, 2.45) is 5.10 Å². The molecule has 0 aliphatic carbocycles. The Labute approximate surface area is 167 Å². The molecule has 0 aliphatic rings. The first kappa shape index (κ1) is 19.3. The normalized spacial score (nSPS) is 11.2. The molecule has 0 bridgehead atoms. The first-order chi connectivity index (χ1) is 13.2. The lowest BCUT2D eigenvalue weighted by Crippen LogP contribution is -2.27. The van der Waals surface area contributed by atoms with Gasteiger partial charge in [-0.05, 0) is 42.0 Å². The van der Waals surface area contributed by atoms with Crippen LogP contribution in [0.4, 0.5) is 11.4 Å². The van der Waals surface area contributed by atoms with Crippen LogP contribution in [0.15, 0.2) is 68.9 Å². The molecule has 7 heteroatoms. The maximum Gasteiger partial charge on any atom is 0.336 e. The minimum absolute atomic E-state index is 0.361. The van der Waals surface area contributed by atoms with Crippen molar-refractivity contribution < 1.29 is 4.42 Å². The van der Waals surface area contributed by atoms with Crippen molar-refractivity contribution in [1.29, 1.82) is 0 Å². The van der Waals surface area contributed by atoms with Gasteiger partial charge in [-0.3, -0.25) is 5.43 Å². The SMILES string of the molecule is O=c1ccc2cc(N/N=C/c3ccc(N(CCCl)CCCl)cc3)ccc2o1. The van der Waals surface area contributed by atoms with Crippen molar-refractivity contribution in [3.05, 3.63) is 70.6 Å². The van der Waals surface area contributed by atoms with E-state index in [9.17, 15) is 4.79 Å². The second-order valence-corrected chi connectivity index (χ2v) is 6.59. The molecule has 3 aromatic rings. The predicted molar refractivity (Wildman–Crippen MR) is 114 cm³/mol. The summed E-state index contributed by atoms with van der Waals surface area (Å²) in [4.78, 5) is 13.4. The Kier molecular flexibility index (Phi) is 6.74. The van der Waals surface area contributed by atoms with Crippen molar-refractivity contribution in [2.45, 2.75) is 0 Å². The summed E-state index contributed by atoms with van der Waals surface area (Å²) in [5.41, 5.74) is 6.02. The highest BCUT2D eigenvalue weighted by molar-refractivity contribution is 6.18. The molecule has 3 rings (SSSR count). The van der Waals surface area contributed by atoms with Gasteiger partial charge in [-0.1, -0.05) is 12.1 Å². The lowest BCUT2D eigenvalue weighted by molar-refractivity contribution is 0.561. The molecule has 0 amide bonds. The van der Waals surface area contributed by atoms with Crippen LogP contribution in [-0.4, -0.2) is 31.1 Å². The third-order valence-electron chi connectivity index (χ3n) is 3.99. The van der Waals surface area contributed by atoms with Gasteiger partial charge < -0.3 is 9.32 Å². The summed E-state index contributed by atoms with van der Waals surface area (Å²) in [5, 5.41) is 5.09. The molecule has 0 unspecified atom stereocenters. The molecule has 5 nitrogen and oxygen atoms in total. The van der Waals surface area contributed by atoms with Crippen LogP contribution in [0, 0.1) is 0 Å². The second kappa shape index (κ2) is 9.44. The lowest BCUT2D eigenvalue weighted by Gasteiger charge is -2.22. The fourth-order valence-corrected chi connectivity index (χ4v) is 3.08. The largest absolute Gasteiger partial charge is 0.423 e. The van der Waals surface area contributed by atoms with Gasteiger partial charge in [0.2, 0.25) is 0 Å². The van der Waals surface area contributed by atoms with Crippen molar-refractivity contribution in [3.63, 3.8) is 0 Å². The summed E-state index contributed by atoms with van der Waals surface area (Å²) in [6.45, 7) is 1.51. The number of rotatable bonds is 8. The highest BCUT2D eigenvalue weighted by Crippen LogP contribution is 2.18. The quantitative estimate of drug-likeness (QED) is 0.260. The number of nitrogens with one attached hydrogen (secondary N) is 1. The van der Waals surface area contributed by atoms with E-state index in [0.29, 0.717) is 17.3 Å². The van der Waals surface area contributed by atoms with E-state index < -0.39 is 0 Å². The average Bonchev–Trinajstić information content (AvgIpc) is 2.68. The minimum Gasteiger partial charge on any atom is -0.423 e. The summed E-state index contributed by atoms with van der Waals surface area (Å²) >= 11 is 11.7. The zero-order valence-electron chi connectivity index (χ0n) is 14.6. The van der Waals surface area contributed by atoms with Gasteiger partial charge in [-0.25, -0.2) is 4.79 Å². The van der Waals surface area contributed by atoms with Gasteiger partial charge >= 0.3 is 5.63 Å². The van der Waals surface area contributed by atoms with Gasteiger partial charge in [0.1, 0.15) is 5.58 Å². The Morgan fingerprint density at radius 2 is 1.74 bits per heavy atom. The van der Waals surface area contributed by atoms with Crippen LogP contribution in [0.5, 0.6) is 0 Å². The molecule has 0 saturated carbocycles. The van der Waals surface area contributed by atoms with Crippen LogP contribution in [0.1, 0.15) is 5.56 Å². The fraction of sp³-hybridized carbons (Fsp3) is 0.200. The van der Waals surface area contributed by atoms with Gasteiger partial charge in [0.05, 0.1) is 11.9 Å². The summed E-state index contributed by atoms with van der Waals surface area (Å²) in [7, 11) is 0. The minimum atomic E-state index is -0.361. The van der Waals surface area contributed by atoms with Gasteiger partial charge in [0, 0.05) is 42.0 Å². The molecule has 0 aliphatic heterocycles. The third-order valence-corrected chi connectivity index (χ3v) is 4.33. The standard InChI is InChI=1S/C20H19Cl2N3O2/c21-9-11-25(12-10-22)18-5-1-15(2-6-18)14-23-24-17-4-7-19-16(13-17)3-8-20(26)27-19/h1-8,13-14,24H,9-12H2/b23-14+. The van der Waals surface area contributed by atoms with E-state index in [2.05, 4.69) is 15.4 Å². The number of halogens is 2. The molecule has 1 N–H and O–H groups in total. The molecular formula is C20H19Cl2N3O2. The zero-order chi connectivity index (χ0) is 19.1. The Morgan fingerprint density at radius 3 is 2.44 bits per heavy atom. The second-order valence-electron chi connectivity index (χ2n) is 5.83. The van der Waals surface area contributed by atoms with E-state index >= 15 is 0 Å². The van der Waals surface area contributed by atoms with E-state index in [0.717, 1.165) is 35.4 Å². The van der Waals surface area contributed by atoms with E-state index in [1.807, 2.05) is 36.4 Å².